The van der Waals surface area contributed by atoms with Crippen LogP contribution < -0.4 is 0 Å². The molecule has 3 rings (SSSR count). The molecule has 0 amide bonds. The predicted molar refractivity (Wildman–Crippen MR) is 83.5 cm³/mol. The van der Waals surface area contributed by atoms with Crippen molar-refractivity contribution in [2.45, 2.75) is 25.4 Å². The second kappa shape index (κ2) is 6.22. The average molecular weight is 312 g/mol. The fourth-order valence-electron chi connectivity index (χ4n) is 2.48. The monoisotopic (exact) mass is 311 g/mol. The SMILES string of the molecule is CC1(CCO)OCCc2nc(-c3ccccc3)sc21.Cl. The maximum absolute atomic E-state index is 9.24. The van der Waals surface area contributed by atoms with E-state index in [2.05, 4.69) is 12.1 Å². The first kappa shape index (κ1) is 15.4. The molecule has 0 spiro atoms. The lowest BCUT2D eigenvalue weighted by Crippen LogP contribution is -2.32. The van der Waals surface area contributed by atoms with Gasteiger partial charge in [-0.2, -0.15) is 0 Å². The molecule has 0 saturated heterocycles. The number of hydrogen-bond donors (Lipinski definition) is 1. The van der Waals surface area contributed by atoms with Gasteiger partial charge in [-0.15, -0.1) is 23.7 Å². The van der Waals surface area contributed by atoms with Crippen molar-refractivity contribution < 1.29 is 9.84 Å². The van der Waals surface area contributed by atoms with Crippen molar-refractivity contribution in [1.82, 2.24) is 4.98 Å². The Bertz CT molecular complexity index is 573. The Kier molecular flexibility index (Phi) is 4.81. The van der Waals surface area contributed by atoms with Gasteiger partial charge in [0.15, 0.2) is 0 Å². The number of aliphatic hydroxyl groups excluding tert-OH is 1. The molecule has 1 aliphatic heterocycles. The van der Waals surface area contributed by atoms with E-state index in [1.165, 1.54) is 4.88 Å². The van der Waals surface area contributed by atoms with Crippen LogP contribution in [0.15, 0.2) is 30.3 Å². The highest BCUT2D eigenvalue weighted by molar-refractivity contribution is 7.15. The van der Waals surface area contributed by atoms with Gasteiger partial charge in [0.2, 0.25) is 0 Å². The minimum Gasteiger partial charge on any atom is -0.396 e. The molecule has 1 aromatic carbocycles. The molecule has 2 heterocycles. The number of benzene rings is 1. The number of thiazole rings is 1. The van der Waals surface area contributed by atoms with Crippen molar-refractivity contribution in [3.8, 4) is 10.6 Å². The number of halogens is 1. The molecule has 0 fully saturated rings. The molecule has 0 saturated carbocycles. The van der Waals surface area contributed by atoms with Crippen LogP contribution in [0.5, 0.6) is 0 Å². The Morgan fingerprint density at radius 2 is 2.10 bits per heavy atom. The van der Waals surface area contributed by atoms with Gasteiger partial charge < -0.3 is 9.84 Å². The van der Waals surface area contributed by atoms with Gasteiger partial charge in [-0.25, -0.2) is 4.98 Å². The lowest BCUT2D eigenvalue weighted by Gasteiger charge is -2.32. The van der Waals surface area contributed by atoms with Gasteiger partial charge in [0, 0.05) is 25.0 Å². The lowest BCUT2D eigenvalue weighted by atomic mass is 9.96. The molecule has 0 radical (unpaired) electrons. The molecule has 0 bridgehead atoms. The summed E-state index contributed by atoms with van der Waals surface area (Å²) in [5, 5.41) is 10.3. The second-order valence-electron chi connectivity index (χ2n) is 4.96. The van der Waals surface area contributed by atoms with E-state index in [-0.39, 0.29) is 24.6 Å². The molecule has 1 atom stereocenters. The van der Waals surface area contributed by atoms with Crippen molar-refractivity contribution in [1.29, 1.82) is 0 Å². The third-order valence-corrected chi connectivity index (χ3v) is 4.94. The first-order valence-electron chi connectivity index (χ1n) is 6.53. The summed E-state index contributed by atoms with van der Waals surface area (Å²) >= 11 is 1.69. The molecular weight excluding hydrogens is 294 g/mol. The first-order chi connectivity index (χ1) is 9.23. The topological polar surface area (TPSA) is 42.4 Å². The summed E-state index contributed by atoms with van der Waals surface area (Å²) in [6.07, 6.45) is 1.48. The lowest BCUT2D eigenvalue weighted by molar-refractivity contribution is -0.0581. The summed E-state index contributed by atoms with van der Waals surface area (Å²) in [7, 11) is 0. The molecule has 0 aliphatic carbocycles. The number of aromatic nitrogens is 1. The quantitative estimate of drug-likeness (QED) is 0.944. The van der Waals surface area contributed by atoms with Gasteiger partial charge >= 0.3 is 0 Å². The Labute approximate surface area is 129 Å². The third-order valence-electron chi connectivity index (χ3n) is 3.55. The van der Waals surface area contributed by atoms with E-state index in [0.29, 0.717) is 13.0 Å². The van der Waals surface area contributed by atoms with Crippen LogP contribution in [0.1, 0.15) is 23.9 Å². The van der Waals surface area contributed by atoms with Crippen molar-refractivity contribution in [3.63, 3.8) is 0 Å². The number of aliphatic hydroxyl groups is 1. The van der Waals surface area contributed by atoms with Crippen LogP contribution in [0, 0.1) is 0 Å². The van der Waals surface area contributed by atoms with E-state index in [9.17, 15) is 5.11 Å². The fourth-order valence-corrected chi connectivity index (χ4v) is 3.72. The zero-order valence-corrected chi connectivity index (χ0v) is 13.0. The highest BCUT2D eigenvalue weighted by atomic mass is 35.5. The van der Waals surface area contributed by atoms with E-state index >= 15 is 0 Å². The van der Waals surface area contributed by atoms with Crippen molar-refractivity contribution >= 4 is 23.7 Å². The molecule has 2 aromatic rings. The Morgan fingerprint density at radius 1 is 1.35 bits per heavy atom. The highest BCUT2D eigenvalue weighted by Gasteiger charge is 2.36. The highest BCUT2D eigenvalue weighted by Crippen LogP contribution is 2.41. The maximum atomic E-state index is 9.24. The van der Waals surface area contributed by atoms with E-state index in [1.807, 2.05) is 25.1 Å². The molecule has 3 nitrogen and oxygen atoms in total. The largest absolute Gasteiger partial charge is 0.396 e. The molecule has 1 unspecified atom stereocenters. The molecule has 20 heavy (non-hydrogen) atoms. The summed E-state index contributed by atoms with van der Waals surface area (Å²) in [5.41, 5.74) is 1.90. The van der Waals surface area contributed by atoms with Gasteiger partial charge in [-0.3, -0.25) is 0 Å². The predicted octanol–water partition coefficient (Wildman–Crippen LogP) is 3.40. The van der Waals surface area contributed by atoms with Crippen molar-refractivity contribution in [2.75, 3.05) is 13.2 Å². The maximum Gasteiger partial charge on any atom is 0.123 e. The summed E-state index contributed by atoms with van der Waals surface area (Å²) in [5.74, 6) is 0. The normalized spacial score (nSPS) is 21.1. The number of fused-ring (bicyclic) bond motifs is 1. The number of ether oxygens (including phenoxy) is 1. The Hall–Kier alpha value is -0.940. The minimum absolute atomic E-state index is 0. The minimum atomic E-state index is -0.382. The smallest absolute Gasteiger partial charge is 0.123 e. The molecular formula is C15H18ClNO2S. The van der Waals surface area contributed by atoms with Gasteiger partial charge in [0.05, 0.1) is 17.2 Å². The third kappa shape index (κ3) is 2.74. The average Bonchev–Trinajstić information content (AvgIpc) is 2.86. The first-order valence-corrected chi connectivity index (χ1v) is 7.35. The Balaban J connectivity index is 0.00000147. The van der Waals surface area contributed by atoms with Gasteiger partial charge in [-0.05, 0) is 6.92 Å². The molecule has 1 N–H and O–H groups in total. The van der Waals surface area contributed by atoms with Crippen LogP contribution in [0.2, 0.25) is 0 Å². The second-order valence-corrected chi connectivity index (χ2v) is 5.96. The van der Waals surface area contributed by atoms with E-state index in [1.54, 1.807) is 11.3 Å². The van der Waals surface area contributed by atoms with Crippen LogP contribution in [0.3, 0.4) is 0 Å². The van der Waals surface area contributed by atoms with Crippen molar-refractivity contribution in [2.24, 2.45) is 0 Å². The molecule has 5 heteroatoms. The Morgan fingerprint density at radius 3 is 2.80 bits per heavy atom. The molecule has 108 valence electrons. The van der Waals surface area contributed by atoms with Gasteiger partial charge in [0.25, 0.3) is 0 Å². The summed E-state index contributed by atoms with van der Waals surface area (Å²) < 4.78 is 5.89. The molecule has 1 aromatic heterocycles. The van der Waals surface area contributed by atoms with Crippen LogP contribution in [-0.4, -0.2) is 23.3 Å². The fraction of sp³-hybridized carbons (Fsp3) is 0.400. The van der Waals surface area contributed by atoms with Crippen LogP contribution in [-0.2, 0) is 16.8 Å². The zero-order chi connectivity index (χ0) is 13.3. The van der Waals surface area contributed by atoms with E-state index in [0.717, 1.165) is 22.7 Å². The number of hydrogen-bond acceptors (Lipinski definition) is 4. The van der Waals surface area contributed by atoms with Gasteiger partial charge in [0.1, 0.15) is 10.6 Å². The standard InChI is InChI=1S/C15H17NO2S.ClH/c1-15(8-9-17)13-12(7-10-18-15)16-14(19-13)11-5-3-2-4-6-11;/h2-6,17H,7-10H2,1H3;1H. The van der Waals surface area contributed by atoms with Gasteiger partial charge in [-0.1, -0.05) is 30.3 Å². The summed E-state index contributed by atoms with van der Waals surface area (Å²) in [6.45, 7) is 2.87. The summed E-state index contributed by atoms with van der Waals surface area (Å²) in [4.78, 5) is 5.93. The van der Waals surface area contributed by atoms with Crippen LogP contribution >= 0.6 is 23.7 Å². The summed E-state index contributed by atoms with van der Waals surface area (Å²) in [6, 6.07) is 10.2. The van der Waals surface area contributed by atoms with Crippen molar-refractivity contribution in [3.05, 3.63) is 40.9 Å². The zero-order valence-electron chi connectivity index (χ0n) is 11.3. The number of nitrogens with zero attached hydrogens (tertiary/aromatic N) is 1. The van der Waals surface area contributed by atoms with Crippen LogP contribution in [0.4, 0.5) is 0 Å². The molecule has 1 aliphatic rings. The van der Waals surface area contributed by atoms with E-state index < -0.39 is 0 Å². The van der Waals surface area contributed by atoms with Crippen LogP contribution in [0.25, 0.3) is 10.6 Å². The van der Waals surface area contributed by atoms with E-state index in [4.69, 9.17) is 9.72 Å². The number of rotatable bonds is 3.